The molecule has 1 rings (SSSR count). The smallest absolute Gasteiger partial charge is 0.171 e. The summed E-state index contributed by atoms with van der Waals surface area (Å²) < 4.78 is 13.4. The van der Waals surface area contributed by atoms with E-state index in [2.05, 4.69) is 46.9 Å². The van der Waals surface area contributed by atoms with Crippen LogP contribution in [0.5, 0.6) is 0 Å². The van der Waals surface area contributed by atoms with E-state index < -0.39 is 5.79 Å². The maximum absolute atomic E-state index is 6.72. The van der Waals surface area contributed by atoms with Gasteiger partial charge in [0.1, 0.15) is 0 Å². The fraction of sp³-hybridized carbons (Fsp3) is 1.00. The zero-order chi connectivity index (χ0) is 28.7. The first kappa shape index (κ1) is 36.9. The lowest BCUT2D eigenvalue weighted by Gasteiger charge is -2.53. The first-order chi connectivity index (χ1) is 19.0. The van der Waals surface area contributed by atoms with Crippen molar-refractivity contribution >= 4 is 0 Å². The zero-order valence-corrected chi connectivity index (χ0v) is 27.9. The summed E-state index contributed by atoms with van der Waals surface area (Å²) in [6.45, 7) is 16.2. The third-order valence-corrected chi connectivity index (χ3v) is 9.90. The van der Waals surface area contributed by atoms with Crippen molar-refractivity contribution in [2.24, 2.45) is 11.3 Å². The Morgan fingerprint density at radius 2 is 1.15 bits per heavy atom. The van der Waals surface area contributed by atoms with Crippen LogP contribution >= 0.6 is 0 Å². The molecule has 1 N–H and O–H groups in total. The fourth-order valence-corrected chi connectivity index (χ4v) is 7.66. The molecule has 3 heteroatoms. The topological polar surface area (TPSA) is 30.5 Å². The minimum absolute atomic E-state index is 0.0592. The van der Waals surface area contributed by atoms with Gasteiger partial charge in [-0.25, -0.2) is 0 Å². The van der Waals surface area contributed by atoms with Crippen molar-refractivity contribution in [3.05, 3.63) is 0 Å². The predicted octanol–water partition coefficient (Wildman–Crippen LogP) is 11.4. The molecular weight excluding hydrogens is 478 g/mol. The highest BCUT2D eigenvalue weighted by atomic mass is 16.7. The molecule has 3 nitrogen and oxygen atoms in total. The fourth-order valence-electron chi connectivity index (χ4n) is 7.66. The molecule has 0 aliphatic heterocycles. The first-order valence-corrected chi connectivity index (χ1v) is 18.0. The van der Waals surface area contributed by atoms with E-state index in [1.54, 1.807) is 0 Å². The number of hydrogen-bond donors (Lipinski definition) is 1. The van der Waals surface area contributed by atoms with Gasteiger partial charge in [0.05, 0.1) is 0 Å². The van der Waals surface area contributed by atoms with Gasteiger partial charge in [-0.1, -0.05) is 130 Å². The molecule has 0 saturated heterocycles. The van der Waals surface area contributed by atoms with E-state index in [0.29, 0.717) is 12.0 Å². The second kappa shape index (κ2) is 23.4. The van der Waals surface area contributed by atoms with Gasteiger partial charge in [-0.15, -0.1) is 0 Å². The largest absolute Gasteiger partial charge is 0.350 e. The molecule has 234 valence electrons. The van der Waals surface area contributed by atoms with Crippen molar-refractivity contribution in [1.29, 1.82) is 0 Å². The maximum Gasteiger partial charge on any atom is 0.171 e. The summed E-state index contributed by atoms with van der Waals surface area (Å²) in [5, 5.41) is 4.03. The molecule has 0 bridgehead atoms. The molecule has 0 heterocycles. The predicted molar refractivity (Wildman–Crippen MR) is 173 cm³/mol. The van der Waals surface area contributed by atoms with Gasteiger partial charge in [0.15, 0.2) is 5.79 Å². The van der Waals surface area contributed by atoms with E-state index in [1.165, 1.54) is 148 Å². The summed E-state index contributed by atoms with van der Waals surface area (Å²) >= 11 is 0. The Morgan fingerprint density at radius 3 is 1.69 bits per heavy atom. The summed E-state index contributed by atoms with van der Waals surface area (Å²) in [5.41, 5.74) is 0.0592. The molecule has 1 fully saturated rings. The van der Waals surface area contributed by atoms with Crippen LogP contribution in [-0.2, 0) is 9.47 Å². The van der Waals surface area contributed by atoms with Crippen LogP contribution in [0.1, 0.15) is 189 Å². The molecule has 1 saturated carbocycles. The van der Waals surface area contributed by atoms with Crippen molar-refractivity contribution in [2.75, 3.05) is 19.8 Å². The average molecular weight is 552 g/mol. The molecule has 39 heavy (non-hydrogen) atoms. The Hall–Kier alpha value is -0.120. The van der Waals surface area contributed by atoms with Crippen LogP contribution < -0.4 is 5.32 Å². The van der Waals surface area contributed by atoms with Crippen LogP contribution in [0.4, 0.5) is 0 Å². The number of ether oxygens (including phenoxy) is 2. The lowest BCUT2D eigenvalue weighted by atomic mass is 9.61. The van der Waals surface area contributed by atoms with Crippen LogP contribution in [0, 0.1) is 11.3 Å². The maximum atomic E-state index is 6.72. The van der Waals surface area contributed by atoms with E-state index in [0.717, 1.165) is 19.8 Å². The van der Waals surface area contributed by atoms with Crippen molar-refractivity contribution in [3.63, 3.8) is 0 Å². The molecule has 0 aromatic carbocycles. The lowest BCUT2D eigenvalue weighted by molar-refractivity contribution is -0.305. The molecule has 0 aromatic rings. The van der Waals surface area contributed by atoms with Gasteiger partial charge in [-0.2, -0.15) is 0 Å². The van der Waals surface area contributed by atoms with Gasteiger partial charge in [0.25, 0.3) is 0 Å². The summed E-state index contributed by atoms with van der Waals surface area (Å²) in [7, 11) is 0. The first-order valence-electron chi connectivity index (χ1n) is 18.0. The Morgan fingerprint density at radius 1 is 0.615 bits per heavy atom. The molecule has 0 spiro atoms. The Bertz CT molecular complexity index is 526. The van der Waals surface area contributed by atoms with Crippen molar-refractivity contribution in [1.82, 2.24) is 5.32 Å². The van der Waals surface area contributed by atoms with Gasteiger partial charge >= 0.3 is 0 Å². The molecular formula is C36H73NO2. The molecule has 1 aliphatic rings. The zero-order valence-electron chi connectivity index (χ0n) is 27.9. The Balaban J connectivity index is 3.14. The molecule has 1 aliphatic carbocycles. The molecule has 2 unspecified atom stereocenters. The SMILES string of the molecule is CCCCCCCCCCC(CCNC1CCCCC1)(C(CCC)CCCCCCC)C(C)(OCC)OCC. The quantitative estimate of drug-likeness (QED) is 0.0813. The molecule has 0 amide bonds. The van der Waals surface area contributed by atoms with E-state index in [-0.39, 0.29) is 5.41 Å². The van der Waals surface area contributed by atoms with Crippen LogP contribution in [0.3, 0.4) is 0 Å². The molecule has 0 aromatic heterocycles. The van der Waals surface area contributed by atoms with Crippen molar-refractivity contribution < 1.29 is 9.47 Å². The van der Waals surface area contributed by atoms with Crippen LogP contribution in [0.25, 0.3) is 0 Å². The summed E-state index contributed by atoms with van der Waals surface area (Å²) in [4.78, 5) is 0. The highest BCUT2D eigenvalue weighted by Crippen LogP contribution is 2.52. The van der Waals surface area contributed by atoms with Gasteiger partial charge in [0, 0.05) is 24.7 Å². The number of nitrogens with one attached hydrogen (secondary N) is 1. The van der Waals surface area contributed by atoms with Crippen LogP contribution in [-0.4, -0.2) is 31.6 Å². The number of hydrogen-bond acceptors (Lipinski definition) is 3. The van der Waals surface area contributed by atoms with Gasteiger partial charge in [0.2, 0.25) is 0 Å². The van der Waals surface area contributed by atoms with E-state index >= 15 is 0 Å². The molecule has 2 atom stereocenters. The highest BCUT2D eigenvalue weighted by molar-refractivity contribution is 4.98. The van der Waals surface area contributed by atoms with Crippen LogP contribution in [0.2, 0.25) is 0 Å². The van der Waals surface area contributed by atoms with E-state index in [9.17, 15) is 0 Å². The minimum atomic E-state index is -0.519. The Kier molecular flexibility index (Phi) is 22.2. The van der Waals surface area contributed by atoms with Gasteiger partial charge in [-0.3, -0.25) is 0 Å². The second-order valence-corrected chi connectivity index (χ2v) is 12.9. The minimum Gasteiger partial charge on any atom is -0.350 e. The van der Waals surface area contributed by atoms with E-state index in [1.807, 2.05) is 0 Å². The third kappa shape index (κ3) is 14.1. The van der Waals surface area contributed by atoms with Gasteiger partial charge in [-0.05, 0) is 71.8 Å². The van der Waals surface area contributed by atoms with E-state index in [4.69, 9.17) is 9.47 Å². The van der Waals surface area contributed by atoms with Gasteiger partial charge < -0.3 is 14.8 Å². The third-order valence-electron chi connectivity index (χ3n) is 9.90. The second-order valence-electron chi connectivity index (χ2n) is 12.9. The number of unbranched alkanes of at least 4 members (excludes halogenated alkanes) is 11. The normalized spacial score (nSPS) is 17.4. The standard InChI is InChI=1S/C36H73NO2/c1-7-12-14-16-17-18-20-25-30-36(35(6,38-10-4)39-11-5,31-32-37-34-28-23-21-24-29-34)33(26-9-3)27-22-19-15-13-8-2/h33-34,37H,7-32H2,1-6H3. The highest BCUT2D eigenvalue weighted by Gasteiger charge is 2.53. The summed E-state index contributed by atoms with van der Waals surface area (Å²) in [6, 6.07) is 0.712. The van der Waals surface area contributed by atoms with Crippen molar-refractivity contribution in [2.45, 2.75) is 201 Å². The number of rotatable bonds is 27. The summed E-state index contributed by atoms with van der Waals surface area (Å²) in [5.74, 6) is 0.139. The Labute approximate surface area is 246 Å². The summed E-state index contributed by atoms with van der Waals surface area (Å²) in [6.07, 6.45) is 31.0. The average Bonchev–Trinajstić information content (AvgIpc) is 2.93. The van der Waals surface area contributed by atoms with Crippen LogP contribution in [0.15, 0.2) is 0 Å². The lowest BCUT2D eigenvalue weighted by Crippen LogP contribution is -2.56. The molecule has 0 radical (unpaired) electrons. The van der Waals surface area contributed by atoms with Crippen molar-refractivity contribution in [3.8, 4) is 0 Å². The monoisotopic (exact) mass is 552 g/mol.